The number of carbonyl (C=O) groups is 1. The molecule has 0 bridgehead atoms. The molecule has 1 aromatic heterocycles. The van der Waals surface area contributed by atoms with Gasteiger partial charge < -0.3 is 15.8 Å². The molecule has 3 N–H and O–H groups in total. The molecule has 1 rings (SSSR count). The molecule has 1 aromatic rings. The molecule has 0 aliphatic heterocycles. The summed E-state index contributed by atoms with van der Waals surface area (Å²) >= 11 is 3.25. The molecule has 6 heteroatoms. The minimum atomic E-state index is -0.241. The summed E-state index contributed by atoms with van der Waals surface area (Å²) < 4.78 is 6.08. The van der Waals surface area contributed by atoms with E-state index in [-0.39, 0.29) is 11.7 Å². The van der Waals surface area contributed by atoms with Crippen LogP contribution < -0.4 is 11.1 Å². The lowest BCUT2D eigenvalue weighted by molar-refractivity contribution is 0.0886. The smallest absolute Gasteiger partial charge is 0.255 e. The van der Waals surface area contributed by atoms with Crippen LogP contribution in [0, 0.1) is 5.92 Å². The van der Waals surface area contributed by atoms with Gasteiger partial charge in [-0.15, -0.1) is 0 Å². The van der Waals surface area contributed by atoms with Crippen molar-refractivity contribution in [2.45, 2.75) is 13.8 Å². The molecule has 0 aromatic carbocycles. The Bertz CT molecular complexity index is 410. The summed E-state index contributed by atoms with van der Waals surface area (Å²) in [4.78, 5) is 15.7. The molecule has 100 valence electrons. The van der Waals surface area contributed by atoms with E-state index >= 15 is 0 Å². The standard InChI is InChI=1S/C12H18BrN3O2/c1-8(2)7-18-4-3-15-12(17)10-5-9(13)6-16-11(10)14/h5-6,8H,3-4,7H2,1-2H3,(H2,14,16)(H,15,17). The minimum absolute atomic E-state index is 0.221. The lowest BCUT2D eigenvalue weighted by Crippen LogP contribution is -2.28. The van der Waals surface area contributed by atoms with Gasteiger partial charge in [-0.25, -0.2) is 4.98 Å². The Hall–Kier alpha value is -1.14. The lowest BCUT2D eigenvalue weighted by Gasteiger charge is -2.09. The van der Waals surface area contributed by atoms with Crippen LogP contribution in [0.25, 0.3) is 0 Å². The van der Waals surface area contributed by atoms with Crippen molar-refractivity contribution in [2.75, 3.05) is 25.5 Å². The van der Waals surface area contributed by atoms with Gasteiger partial charge in [0.05, 0.1) is 12.2 Å². The van der Waals surface area contributed by atoms with Crippen LogP contribution in [0.5, 0.6) is 0 Å². The predicted octanol–water partition coefficient (Wildman–Crippen LogP) is 1.83. The molecule has 0 saturated heterocycles. The number of ether oxygens (including phenoxy) is 1. The Kier molecular flexibility index (Phi) is 6.07. The van der Waals surface area contributed by atoms with Crippen molar-refractivity contribution in [3.63, 3.8) is 0 Å². The highest BCUT2D eigenvalue weighted by atomic mass is 79.9. The topological polar surface area (TPSA) is 77.2 Å². The Balaban J connectivity index is 2.39. The molecule has 0 aliphatic rings. The first-order chi connectivity index (χ1) is 8.50. The largest absolute Gasteiger partial charge is 0.383 e. The molecule has 0 saturated carbocycles. The van der Waals surface area contributed by atoms with Gasteiger partial charge in [0.25, 0.3) is 5.91 Å². The number of amides is 1. The van der Waals surface area contributed by atoms with Crippen molar-refractivity contribution in [3.05, 3.63) is 22.3 Å². The number of anilines is 1. The average molecular weight is 316 g/mol. The first kappa shape index (κ1) is 14.9. The van der Waals surface area contributed by atoms with Crippen molar-refractivity contribution >= 4 is 27.7 Å². The molecule has 0 radical (unpaired) electrons. The zero-order valence-electron chi connectivity index (χ0n) is 10.6. The molecule has 0 aliphatic carbocycles. The van der Waals surface area contributed by atoms with Gasteiger partial charge in [0.2, 0.25) is 0 Å². The molecule has 0 unspecified atom stereocenters. The number of nitrogen functional groups attached to an aromatic ring is 1. The monoisotopic (exact) mass is 315 g/mol. The quantitative estimate of drug-likeness (QED) is 0.785. The Morgan fingerprint density at radius 1 is 1.61 bits per heavy atom. The van der Waals surface area contributed by atoms with Gasteiger partial charge in [0.1, 0.15) is 5.82 Å². The van der Waals surface area contributed by atoms with E-state index in [0.717, 1.165) is 4.47 Å². The molecule has 1 amide bonds. The fourth-order valence-electron chi connectivity index (χ4n) is 1.28. The number of halogens is 1. The van der Waals surface area contributed by atoms with Crippen molar-refractivity contribution in [2.24, 2.45) is 5.92 Å². The van der Waals surface area contributed by atoms with Gasteiger partial charge in [-0.05, 0) is 27.9 Å². The number of pyridine rings is 1. The maximum Gasteiger partial charge on any atom is 0.255 e. The van der Waals surface area contributed by atoms with Gasteiger partial charge in [0.15, 0.2) is 0 Å². The van der Waals surface area contributed by atoms with E-state index in [9.17, 15) is 4.79 Å². The van der Waals surface area contributed by atoms with Crippen molar-refractivity contribution in [3.8, 4) is 0 Å². The van der Waals surface area contributed by atoms with Crippen LogP contribution in [0.15, 0.2) is 16.7 Å². The van der Waals surface area contributed by atoms with Crippen LogP contribution in [0.4, 0.5) is 5.82 Å². The summed E-state index contributed by atoms with van der Waals surface area (Å²) in [5.41, 5.74) is 6.01. The van der Waals surface area contributed by atoms with Gasteiger partial charge >= 0.3 is 0 Å². The first-order valence-electron chi connectivity index (χ1n) is 5.77. The van der Waals surface area contributed by atoms with Gasteiger partial charge in [-0.2, -0.15) is 0 Å². The van der Waals surface area contributed by atoms with E-state index < -0.39 is 0 Å². The summed E-state index contributed by atoms with van der Waals surface area (Å²) in [6.45, 7) is 5.79. The van der Waals surface area contributed by atoms with Gasteiger partial charge in [0, 0.05) is 23.8 Å². The van der Waals surface area contributed by atoms with E-state index in [4.69, 9.17) is 10.5 Å². The van der Waals surface area contributed by atoms with Gasteiger partial charge in [-0.3, -0.25) is 4.79 Å². The van der Waals surface area contributed by atoms with E-state index in [2.05, 4.69) is 40.1 Å². The highest BCUT2D eigenvalue weighted by Gasteiger charge is 2.10. The second-order valence-corrected chi connectivity index (χ2v) is 5.23. The third-order valence-electron chi connectivity index (χ3n) is 2.11. The summed E-state index contributed by atoms with van der Waals surface area (Å²) in [6, 6.07) is 1.65. The number of aromatic nitrogens is 1. The van der Waals surface area contributed by atoms with Crippen LogP contribution in [0.2, 0.25) is 0 Å². The number of nitrogens with two attached hydrogens (primary N) is 1. The highest BCUT2D eigenvalue weighted by molar-refractivity contribution is 9.10. The molecular weight excluding hydrogens is 298 g/mol. The number of hydrogen-bond acceptors (Lipinski definition) is 4. The van der Waals surface area contributed by atoms with E-state index in [0.29, 0.717) is 31.2 Å². The molecule has 0 spiro atoms. The minimum Gasteiger partial charge on any atom is -0.383 e. The molecule has 1 heterocycles. The number of rotatable bonds is 6. The Labute approximate surface area is 115 Å². The van der Waals surface area contributed by atoms with Crippen LogP contribution >= 0.6 is 15.9 Å². The SMILES string of the molecule is CC(C)COCCNC(=O)c1cc(Br)cnc1N. The number of carbonyl (C=O) groups excluding carboxylic acids is 1. The van der Waals surface area contributed by atoms with Crippen molar-refractivity contribution < 1.29 is 9.53 Å². The lowest BCUT2D eigenvalue weighted by atomic mass is 10.2. The first-order valence-corrected chi connectivity index (χ1v) is 6.57. The number of hydrogen-bond donors (Lipinski definition) is 2. The fraction of sp³-hybridized carbons (Fsp3) is 0.500. The molecule has 0 atom stereocenters. The normalized spacial score (nSPS) is 10.7. The van der Waals surface area contributed by atoms with E-state index in [1.165, 1.54) is 0 Å². The Morgan fingerprint density at radius 3 is 3.00 bits per heavy atom. The molecular formula is C12H18BrN3O2. The Morgan fingerprint density at radius 2 is 2.33 bits per heavy atom. The van der Waals surface area contributed by atoms with Crippen molar-refractivity contribution in [1.29, 1.82) is 0 Å². The highest BCUT2D eigenvalue weighted by Crippen LogP contribution is 2.15. The molecule has 0 fully saturated rings. The zero-order valence-corrected chi connectivity index (χ0v) is 12.2. The van der Waals surface area contributed by atoms with Crippen LogP contribution in [0.3, 0.4) is 0 Å². The van der Waals surface area contributed by atoms with E-state index in [1.807, 2.05) is 0 Å². The van der Waals surface area contributed by atoms with Gasteiger partial charge in [-0.1, -0.05) is 13.8 Å². The number of nitrogens with zero attached hydrogens (tertiary/aromatic N) is 1. The molecule has 5 nitrogen and oxygen atoms in total. The summed E-state index contributed by atoms with van der Waals surface area (Å²) in [6.07, 6.45) is 1.55. The van der Waals surface area contributed by atoms with E-state index in [1.54, 1.807) is 12.3 Å². The summed E-state index contributed by atoms with van der Waals surface area (Å²) in [7, 11) is 0. The zero-order chi connectivity index (χ0) is 13.5. The fourth-order valence-corrected chi connectivity index (χ4v) is 1.61. The maximum absolute atomic E-state index is 11.8. The molecule has 18 heavy (non-hydrogen) atoms. The maximum atomic E-state index is 11.8. The third-order valence-corrected chi connectivity index (χ3v) is 2.55. The predicted molar refractivity (Wildman–Crippen MR) is 74.3 cm³/mol. The van der Waals surface area contributed by atoms with Crippen molar-refractivity contribution in [1.82, 2.24) is 10.3 Å². The van der Waals surface area contributed by atoms with Crippen LogP contribution in [-0.2, 0) is 4.74 Å². The second-order valence-electron chi connectivity index (χ2n) is 4.31. The summed E-state index contributed by atoms with van der Waals surface area (Å²) in [5.74, 6) is 0.471. The average Bonchev–Trinajstić information content (AvgIpc) is 2.31. The van der Waals surface area contributed by atoms with Crippen LogP contribution in [-0.4, -0.2) is 30.6 Å². The third kappa shape index (κ3) is 5.01. The van der Waals surface area contributed by atoms with Crippen LogP contribution in [0.1, 0.15) is 24.2 Å². The second kappa shape index (κ2) is 7.33. The summed E-state index contributed by atoms with van der Waals surface area (Å²) in [5, 5.41) is 2.74. The number of nitrogens with one attached hydrogen (secondary N) is 1.